The van der Waals surface area contributed by atoms with Crippen molar-refractivity contribution in [3.8, 4) is 11.1 Å². The van der Waals surface area contributed by atoms with Crippen LogP contribution in [0, 0.1) is 17.5 Å². The zero-order valence-electron chi connectivity index (χ0n) is 12.0. The van der Waals surface area contributed by atoms with Crippen LogP contribution in [0.5, 0.6) is 0 Å². The number of nitrogens with two attached hydrogens (primary N) is 1. The molecule has 2 N–H and O–H groups in total. The molecule has 0 saturated carbocycles. The topological polar surface area (TPSA) is 47.5 Å². The summed E-state index contributed by atoms with van der Waals surface area (Å²) in [5.41, 5.74) is 6.30. The second kappa shape index (κ2) is 5.89. The molecule has 0 spiro atoms. The molecular formula is C17H13F3N2O. The SMILES string of the molecule is NCCc1cc2ccc(F)cn2c(=O)c1-c1cc(F)cc(F)c1. The van der Waals surface area contributed by atoms with Crippen LogP contribution in [-0.2, 0) is 6.42 Å². The summed E-state index contributed by atoms with van der Waals surface area (Å²) in [5.74, 6) is -2.16. The van der Waals surface area contributed by atoms with E-state index in [1.54, 1.807) is 6.07 Å². The first-order valence-electron chi connectivity index (χ1n) is 7.00. The Labute approximate surface area is 129 Å². The van der Waals surface area contributed by atoms with Crippen molar-refractivity contribution in [1.82, 2.24) is 4.40 Å². The van der Waals surface area contributed by atoms with E-state index >= 15 is 0 Å². The zero-order valence-corrected chi connectivity index (χ0v) is 12.0. The molecule has 0 radical (unpaired) electrons. The summed E-state index contributed by atoms with van der Waals surface area (Å²) in [6.45, 7) is 0.265. The number of benzene rings is 1. The van der Waals surface area contributed by atoms with Crippen LogP contribution in [0.15, 0.2) is 47.4 Å². The predicted molar refractivity (Wildman–Crippen MR) is 81.7 cm³/mol. The maximum absolute atomic E-state index is 13.5. The lowest BCUT2D eigenvalue weighted by Crippen LogP contribution is -2.19. The lowest BCUT2D eigenvalue weighted by molar-refractivity contribution is 0.584. The quantitative estimate of drug-likeness (QED) is 0.807. The first-order valence-corrected chi connectivity index (χ1v) is 7.00. The van der Waals surface area contributed by atoms with Gasteiger partial charge in [0.15, 0.2) is 0 Å². The van der Waals surface area contributed by atoms with Crippen molar-refractivity contribution in [2.24, 2.45) is 5.73 Å². The van der Waals surface area contributed by atoms with Gasteiger partial charge < -0.3 is 5.73 Å². The fourth-order valence-corrected chi connectivity index (χ4v) is 2.65. The van der Waals surface area contributed by atoms with Crippen LogP contribution in [0.1, 0.15) is 5.56 Å². The number of nitrogens with zero attached hydrogens (tertiary/aromatic N) is 1. The molecule has 0 fully saturated rings. The highest BCUT2D eigenvalue weighted by atomic mass is 19.1. The molecule has 0 atom stereocenters. The third-order valence-corrected chi connectivity index (χ3v) is 3.58. The van der Waals surface area contributed by atoms with Gasteiger partial charge in [0, 0.05) is 17.8 Å². The fourth-order valence-electron chi connectivity index (χ4n) is 2.65. The van der Waals surface area contributed by atoms with Crippen LogP contribution in [0.2, 0.25) is 0 Å². The molecule has 118 valence electrons. The number of hydrogen-bond acceptors (Lipinski definition) is 2. The highest BCUT2D eigenvalue weighted by molar-refractivity contribution is 5.70. The highest BCUT2D eigenvalue weighted by Gasteiger charge is 2.15. The smallest absolute Gasteiger partial charge is 0.263 e. The summed E-state index contributed by atoms with van der Waals surface area (Å²) in [6.07, 6.45) is 1.40. The normalized spacial score (nSPS) is 11.1. The highest BCUT2D eigenvalue weighted by Crippen LogP contribution is 2.24. The molecule has 2 aromatic heterocycles. The van der Waals surface area contributed by atoms with Gasteiger partial charge in [0.25, 0.3) is 5.56 Å². The summed E-state index contributed by atoms with van der Waals surface area (Å²) in [4.78, 5) is 12.7. The van der Waals surface area contributed by atoms with Crippen LogP contribution >= 0.6 is 0 Å². The molecule has 6 heteroatoms. The minimum Gasteiger partial charge on any atom is -0.330 e. The molecule has 3 rings (SSSR count). The van der Waals surface area contributed by atoms with E-state index in [0.29, 0.717) is 17.5 Å². The van der Waals surface area contributed by atoms with Crippen molar-refractivity contribution in [3.63, 3.8) is 0 Å². The Balaban J connectivity index is 2.39. The lowest BCUT2D eigenvalue weighted by atomic mass is 9.98. The van der Waals surface area contributed by atoms with Crippen LogP contribution in [0.4, 0.5) is 13.2 Å². The van der Waals surface area contributed by atoms with Gasteiger partial charge >= 0.3 is 0 Å². The molecule has 0 amide bonds. The van der Waals surface area contributed by atoms with E-state index < -0.39 is 23.0 Å². The first-order chi connectivity index (χ1) is 11.0. The Morgan fingerprint density at radius 2 is 1.65 bits per heavy atom. The monoisotopic (exact) mass is 318 g/mol. The van der Waals surface area contributed by atoms with Gasteiger partial charge in [0.1, 0.15) is 17.5 Å². The zero-order chi connectivity index (χ0) is 16.6. The van der Waals surface area contributed by atoms with Gasteiger partial charge in [0.2, 0.25) is 0 Å². The second-order valence-corrected chi connectivity index (χ2v) is 5.19. The molecule has 3 nitrogen and oxygen atoms in total. The Bertz CT molecular complexity index is 930. The van der Waals surface area contributed by atoms with E-state index in [2.05, 4.69) is 0 Å². The molecule has 0 saturated heterocycles. The maximum atomic E-state index is 13.5. The standard InChI is InChI=1S/C17H13F3N2O/c18-12-1-2-15-7-10(3-4-21)16(17(23)22(15)9-12)11-5-13(19)8-14(20)6-11/h1-2,5-9H,3-4,21H2. The Kier molecular flexibility index (Phi) is 3.92. The van der Waals surface area contributed by atoms with Crippen molar-refractivity contribution in [3.05, 3.63) is 76.0 Å². The average Bonchev–Trinajstić information content (AvgIpc) is 2.47. The van der Waals surface area contributed by atoms with Crippen molar-refractivity contribution in [1.29, 1.82) is 0 Å². The van der Waals surface area contributed by atoms with Gasteiger partial charge in [-0.3, -0.25) is 9.20 Å². The van der Waals surface area contributed by atoms with Gasteiger partial charge in [-0.05, 0) is 54.4 Å². The molecule has 23 heavy (non-hydrogen) atoms. The molecule has 0 aliphatic rings. The second-order valence-electron chi connectivity index (χ2n) is 5.19. The lowest BCUT2D eigenvalue weighted by Gasteiger charge is -2.12. The van der Waals surface area contributed by atoms with Crippen LogP contribution in [-0.4, -0.2) is 10.9 Å². The number of rotatable bonds is 3. The van der Waals surface area contributed by atoms with E-state index in [1.807, 2.05) is 0 Å². The number of aromatic nitrogens is 1. The molecule has 3 aromatic rings. The average molecular weight is 318 g/mol. The van der Waals surface area contributed by atoms with Crippen LogP contribution < -0.4 is 11.3 Å². The van der Waals surface area contributed by atoms with Gasteiger partial charge in [-0.25, -0.2) is 13.2 Å². The largest absolute Gasteiger partial charge is 0.330 e. The molecule has 0 aliphatic heterocycles. The summed E-state index contributed by atoms with van der Waals surface area (Å²) in [6, 6.07) is 7.25. The summed E-state index contributed by atoms with van der Waals surface area (Å²) >= 11 is 0. The first kappa shape index (κ1) is 15.3. The Morgan fingerprint density at radius 1 is 0.957 bits per heavy atom. The fraction of sp³-hybridized carbons (Fsp3) is 0.118. The van der Waals surface area contributed by atoms with E-state index in [9.17, 15) is 18.0 Å². The van der Waals surface area contributed by atoms with E-state index in [1.165, 1.54) is 12.1 Å². The minimum absolute atomic E-state index is 0.106. The van der Waals surface area contributed by atoms with Crippen molar-refractivity contribution < 1.29 is 13.2 Å². The van der Waals surface area contributed by atoms with Gasteiger partial charge in [0.05, 0.1) is 5.56 Å². The summed E-state index contributed by atoms with van der Waals surface area (Å²) < 4.78 is 41.6. The Hall–Kier alpha value is -2.60. The molecule has 2 heterocycles. The molecule has 0 bridgehead atoms. The number of hydrogen-bond donors (Lipinski definition) is 1. The van der Waals surface area contributed by atoms with Crippen molar-refractivity contribution in [2.75, 3.05) is 6.54 Å². The number of halogens is 3. The predicted octanol–water partition coefficient (Wildman–Crippen LogP) is 2.89. The van der Waals surface area contributed by atoms with Crippen LogP contribution in [0.25, 0.3) is 16.6 Å². The van der Waals surface area contributed by atoms with E-state index in [4.69, 9.17) is 5.73 Å². The number of fused-ring (bicyclic) bond motifs is 1. The van der Waals surface area contributed by atoms with Gasteiger partial charge in [-0.15, -0.1) is 0 Å². The molecule has 0 aliphatic carbocycles. The summed E-state index contributed by atoms with van der Waals surface area (Å²) in [7, 11) is 0. The Morgan fingerprint density at radius 3 is 2.30 bits per heavy atom. The summed E-state index contributed by atoms with van der Waals surface area (Å²) in [5, 5.41) is 0. The van der Waals surface area contributed by atoms with Crippen molar-refractivity contribution >= 4 is 5.52 Å². The third kappa shape index (κ3) is 2.85. The molecular weight excluding hydrogens is 305 g/mol. The van der Waals surface area contributed by atoms with E-state index in [-0.39, 0.29) is 17.7 Å². The van der Waals surface area contributed by atoms with Crippen LogP contribution in [0.3, 0.4) is 0 Å². The molecule has 0 unspecified atom stereocenters. The maximum Gasteiger partial charge on any atom is 0.263 e. The number of pyridine rings is 2. The minimum atomic E-state index is -0.789. The van der Waals surface area contributed by atoms with Crippen molar-refractivity contribution in [2.45, 2.75) is 6.42 Å². The van der Waals surface area contributed by atoms with E-state index in [0.717, 1.165) is 28.8 Å². The van der Waals surface area contributed by atoms with Gasteiger partial charge in [-0.1, -0.05) is 0 Å². The molecule has 1 aromatic carbocycles. The third-order valence-electron chi connectivity index (χ3n) is 3.58. The van der Waals surface area contributed by atoms with Gasteiger partial charge in [-0.2, -0.15) is 0 Å².